The Morgan fingerprint density at radius 3 is 2.67 bits per heavy atom. The summed E-state index contributed by atoms with van der Waals surface area (Å²) in [5.41, 5.74) is 6.68. The minimum Gasteiger partial charge on any atom is -0.496 e. The average Bonchev–Trinajstić information content (AvgIpc) is 2.36. The molecule has 0 spiro atoms. The average molecular weight is 273 g/mol. The normalized spacial score (nSPS) is 10.9. The van der Waals surface area contributed by atoms with Crippen molar-refractivity contribution in [2.75, 3.05) is 40.5 Å². The number of methoxy groups -OCH3 is 2. The van der Waals surface area contributed by atoms with Crippen LogP contribution in [0.25, 0.3) is 0 Å². The summed E-state index contributed by atoms with van der Waals surface area (Å²) in [5.74, 6) is 0.846. The highest BCUT2D eigenvalue weighted by Crippen LogP contribution is 2.23. The van der Waals surface area contributed by atoms with Crippen molar-refractivity contribution in [2.24, 2.45) is 5.73 Å². The summed E-state index contributed by atoms with van der Waals surface area (Å²) >= 11 is 6.02. The first-order chi connectivity index (χ1) is 8.71. The molecule has 0 amide bonds. The number of benzene rings is 1. The van der Waals surface area contributed by atoms with Crippen LogP contribution < -0.4 is 10.5 Å². The van der Waals surface area contributed by atoms with Crippen LogP contribution in [0.15, 0.2) is 18.2 Å². The first-order valence-corrected chi connectivity index (χ1v) is 6.32. The number of hydrogen-bond acceptors (Lipinski definition) is 4. The Balaban J connectivity index is 2.74. The van der Waals surface area contributed by atoms with Gasteiger partial charge in [0, 0.05) is 43.9 Å². The maximum Gasteiger partial charge on any atom is 0.123 e. The summed E-state index contributed by atoms with van der Waals surface area (Å²) < 4.78 is 10.4. The molecule has 0 aromatic heterocycles. The Morgan fingerprint density at radius 1 is 1.28 bits per heavy atom. The molecule has 2 N–H and O–H groups in total. The second kappa shape index (κ2) is 8.32. The van der Waals surface area contributed by atoms with E-state index in [1.807, 2.05) is 18.2 Å². The second-order valence-corrected chi connectivity index (χ2v) is 4.45. The lowest BCUT2D eigenvalue weighted by atomic mass is 10.2. The largest absolute Gasteiger partial charge is 0.496 e. The zero-order valence-electron chi connectivity index (χ0n) is 11.0. The molecule has 102 valence electrons. The van der Waals surface area contributed by atoms with E-state index in [0.29, 0.717) is 18.2 Å². The van der Waals surface area contributed by atoms with Crippen molar-refractivity contribution in [3.05, 3.63) is 28.8 Å². The van der Waals surface area contributed by atoms with E-state index in [2.05, 4.69) is 4.90 Å². The summed E-state index contributed by atoms with van der Waals surface area (Å²) in [4.78, 5) is 2.22. The summed E-state index contributed by atoms with van der Waals surface area (Å²) in [5, 5.41) is 0.713. The van der Waals surface area contributed by atoms with Gasteiger partial charge in [0.15, 0.2) is 0 Å². The van der Waals surface area contributed by atoms with E-state index in [-0.39, 0.29) is 0 Å². The van der Waals surface area contributed by atoms with Crippen molar-refractivity contribution >= 4 is 11.6 Å². The van der Waals surface area contributed by atoms with Gasteiger partial charge in [0.25, 0.3) is 0 Å². The third kappa shape index (κ3) is 4.82. The molecular formula is C13H21ClN2O2. The van der Waals surface area contributed by atoms with Gasteiger partial charge in [-0.2, -0.15) is 0 Å². The van der Waals surface area contributed by atoms with Crippen molar-refractivity contribution in [3.8, 4) is 5.75 Å². The van der Waals surface area contributed by atoms with Gasteiger partial charge in [0.05, 0.1) is 13.7 Å². The van der Waals surface area contributed by atoms with Crippen molar-refractivity contribution in [1.82, 2.24) is 4.90 Å². The molecule has 1 aromatic carbocycles. The quantitative estimate of drug-likeness (QED) is 0.783. The highest BCUT2D eigenvalue weighted by Gasteiger charge is 2.09. The van der Waals surface area contributed by atoms with Crippen LogP contribution in [-0.2, 0) is 11.3 Å². The molecule has 0 saturated carbocycles. The topological polar surface area (TPSA) is 47.7 Å². The van der Waals surface area contributed by atoms with Gasteiger partial charge in [-0.15, -0.1) is 0 Å². The van der Waals surface area contributed by atoms with E-state index in [0.717, 1.165) is 30.9 Å². The Labute approximate surface area is 114 Å². The van der Waals surface area contributed by atoms with Crippen LogP contribution in [0.2, 0.25) is 5.02 Å². The molecule has 0 bridgehead atoms. The zero-order chi connectivity index (χ0) is 13.4. The minimum atomic E-state index is 0.618. The zero-order valence-corrected chi connectivity index (χ0v) is 11.7. The third-order valence-corrected chi connectivity index (χ3v) is 2.93. The number of halogens is 1. The van der Waals surface area contributed by atoms with Crippen LogP contribution >= 0.6 is 11.6 Å². The first kappa shape index (κ1) is 15.2. The molecule has 1 aromatic rings. The molecule has 4 nitrogen and oxygen atoms in total. The SMILES string of the molecule is COCCN(CCN)Cc1cc(Cl)ccc1OC. The van der Waals surface area contributed by atoms with E-state index in [1.165, 1.54) is 0 Å². The number of ether oxygens (including phenoxy) is 2. The van der Waals surface area contributed by atoms with E-state index in [4.69, 9.17) is 26.8 Å². The lowest BCUT2D eigenvalue weighted by Crippen LogP contribution is -2.32. The molecule has 0 aliphatic heterocycles. The van der Waals surface area contributed by atoms with Crippen molar-refractivity contribution < 1.29 is 9.47 Å². The first-order valence-electron chi connectivity index (χ1n) is 5.95. The van der Waals surface area contributed by atoms with E-state index in [1.54, 1.807) is 14.2 Å². The predicted octanol–water partition coefficient (Wildman–Crippen LogP) is 1.76. The predicted molar refractivity (Wildman–Crippen MR) is 74.2 cm³/mol. The molecule has 0 aliphatic rings. The Hall–Kier alpha value is -0.810. The summed E-state index contributed by atoms with van der Waals surface area (Å²) in [6.45, 7) is 3.71. The Bertz CT molecular complexity index is 361. The van der Waals surface area contributed by atoms with Gasteiger partial charge >= 0.3 is 0 Å². The van der Waals surface area contributed by atoms with Crippen LogP contribution in [0.5, 0.6) is 5.75 Å². The summed E-state index contributed by atoms with van der Waals surface area (Å²) in [6.07, 6.45) is 0. The summed E-state index contributed by atoms with van der Waals surface area (Å²) in [7, 11) is 3.36. The van der Waals surface area contributed by atoms with Crippen LogP contribution in [0.3, 0.4) is 0 Å². The van der Waals surface area contributed by atoms with Crippen LogP contribution in [0.1, 0.15) is 5.56 Å². The van der Waals surface area contributed by atoms with Gasteiger partial charge in [-0.3, -0.25) is 4.90 Å². The molecule has 0 fully saturated rings. The number of hydrogen-bond donors (Lipinski definition) is 1. The molecule has 0 unspecified atom stereocenters. The monoisotopic (exact) mass is 272 g/mol. The smallest absolute Gasteiger partial charge is 0.123 e. The van der Waals surface area contributed by atoms with E-state index in [9.17, 15) is 0 Å². The maximum atomic E-state index is 6.02. The summed E-state index contributed by atoms with van der Waals surface area (Å²) in [6, 6.07) is 5.64. The standard InChI is InChI=1S/C13H21ClN2O2/c1-17-8-7-16(6-5-15)10-11-9-12(14)3-4-13(11)18-2/h3-4,9H,5-8,10,15H2,1-2H3. The molecule has 18 heavy (non-hydrogen) atoms. The Morgan fingerprint density at radius 2 is 2.06 bits per heavy atom. The fourth-order valence-corrected chi connectivity index (χ4v) is 1.98. The van der Waals surface area contributed by atoms with Gasteiger partial charge in [-0.05, 0) is 18.2 Å². The van der Waals surface area contributed by atoms with E-state index < -0.39 is 0 Å². The van der Waals surface area contributed by atoms with Crippen molar-refractivity contribution in [1.29, 1.82) is 0 Å². The molecule has 1 rings (SSSR count). The molecule has 0 saturated heterocycles. The van der Waals surface area contributed by atoms with Gasteiger partial charge < -0.3 is 15.2 Å². The lowest BCUT2D eigenvalue weighted by Gasteiger charge is -2.22. The molecule has 0 atom stereocenters. The van der Waals surface area contributed by atoms with Crippen LogP contribution in [-0.4, -0.2) is 45.4 Å². The van der Waals surface area contributed by atoms with Crippen LogP contribution in [0.4, 0.5) is 0 Å². The van der Waals surface area contributed by atoms with Crippen molar-refractivity contribution in [2.45, 2.75) is 6.54 Å². The highest BCUT2D eigenvalue weighted by molar-refractivity contribution is 6.30. The van der Waals surface area contributed by atoms with E-state index >= 15 is 0 Å². The minimum absolute atomic E-state index is 0.618. The number of rotatable bonds is 8. The molecule has 5 heteroatoms. The van der Waals surface area contributed by atoms with Gasteiger partial charge in [0.2, 0.25) is 0 Å². The van der Waals surface area contributed by atoms with Gasteiger partial charge in [0.1, 0.15) is 5.75 Å². The lowest BCUT2D eigenvalue weighted by molar-refractivity contribution is 0.145. The van der Waals surface area contributed by atoms with Crippen LogP contribution in [0, 0.1) is 0 Å². The second-order valence-electron chi connectivity index (χ2n) is 4.01. The molecule has 0 radical (unpaired) electrons. The molecular weight excluding hydrogens is 252 g/mol. The fraction of sp³-hybridized carbons (Fsp3) is 0.538. The number of nitrogens with two attached hydrogens (primary N) is 1. The fourth-order valence-electron chi connectivity index (χ4n) is 1.78. The number of nitrogens with zero attached hydrogens (tertiary/aromatic N) is 1. The van der Waals surface area contributed by atoms with Gasteiger partial charge in [-0.25, -0.2) is 0 Å². The third-order valence-electron chi connectivity index (χ3n) is 2.69. The molecule has 0 heterocycles. The van der Waals surface area contributed by atoms with Gasteiger partial charge in [-0.1, -0.05) is 11.6 Å². The Kier molecular flexibility index (Phi) is 7.05. The highest BCUT2D eigenvalue weighted by atomic mass is 35.5. The maximum absolute atomic E-state index is 6.02. The van der Waals surface area contributed by atoms with Crippen molar-refractivity contribution in [3.63, 3.8) is 0 Å². The molecule has 0 aliphatic carbocycles.